The third-order valence-corrected chi connectivity index (χ3v) is 5.65. The highest BCUT2D eigenvalue weighted by Gasteiger charge is 2.19. The lowest BCUT2D eigenvalue weighted by Gasteiger charge is -2.11. The summed E-state index contributed by atoms with van der Waals surface area (Å²) in [7, 11) is 3.24. The summed E-state index contributed by atoms with van der Waals surface area (Å²) in [6.07, 6.45) is 0. The molecule has 7 heteroatoms. The van der Waals surface area contributed by atoms with Gasteiger partial charge in [0, 0.05) is 5.39 Å². The first kappa shape index (κ1) is 19.7. The quantitative estimate of drug-likeness (QED) is 0.459. The van der Waals surface area contributed by atoms with Crippen LogP contribution >= 0.6 is 0 Å². The number of nitrogens with two attached hydrogens (primary N) is 1. The molecule has 3 aromatic carbocycles. The van der Waals surface area contributed by atoms with Crippen LogP contribution in [0.2, 0.25) is 0 Å². The van der Waals surface area contributed by atoms with Crippen LogP contribution in [-0.4, -0.2) is 28.6 Å². The second kappa shape index (κ2) is 7.77. The molecule has 0 fully saturated rings. The summed E-state index contributed by atoms with van der Waals surface area (Å²) in [5.41, 5.74) is 9.43. The maximum Gasteiger partial charge on any atom is 0.264 e. The van der Waals surface area contributed by atoms with Crippen molar-refractivity contribution < 1.29 is 9.47 Å². The predicted octanol–water partition coefficient (Wildman–Crippen LogP) is 3.99. The molecule has 5 rings (SSSR count). The van der Waals surface area contributed by atoms with Crippen molar-refractivity contribution in [1.29, 1.82) is 0 Å². The first-order valence-corrected chi connectivity index (χ1v) is 10.2. The molecule has 0 atom stereocenters. The molecule has 7 nitrogen and oxygen atoms in total. The Hall–Kier alpha value is -4.26. The van der Waals surface area contributed by atoms with Gasteiger partial charge in [0.15, 0.2) is 0 Å². The highest BCUT2D eigenvalue weighted by molar-refractivity contribution is 6.07. The number of ether oxygens (including phenoxy) is 2. The lowest BCUT2D eigenvalue weighted by atomic mass is 10.1. The normalized spacial score (nSPS) is 11.2. The summed E-state index contributed by atoms with van der Waals surface area (Å²) in [5.74, 6) is 1.81. The zero-order valence-corrected chi connectivity index (χ0v) is 17.8. The minimum Gasteiger partial charge on any atom is -0.497 e. The van der Waals surface area contributed by atoms with E-state index in [2.05, 4.69) is 0 Å². The van der Waals surface area contributed by atoms with Crippen molar-refractivity contribution in [2.24, 2.45) is 0 Å². The Morgan fingerprint density at radius 3 is 2.16 bits per heavy atom. The van der Waals surface area contributed by atoms with Gasteiger partial charge in [-0.15, -0.1) is 0 Å². The van der Waals surface area contributed by atoms with Gasteiger partial charge in [-0.1, -0.05) is 30.3 Å². The van der Waals surface area contributed by atoms with E-state index in [-0.39, 0.29) is 5.56 Å². The van der Waals surface area contributed by atoms with Crippen LogP contribution in [-0.2, 0) is 6.54 Å². The fraction of sp³-hybridized carbons (Fsp3) is 0.120. The third-order valence-electron chi connectivity index (χ3n) is 5.65. The van der Waals surface area contributed by atoms with E-state index >= 15 is 0 Å². The topological polar surface area (TPSA) is 84.3 Å². The van der Waals surface area contributed by atoms with E-state index < -0.39 is 0 Å². The molecule has 0 saturated carbocycles. The number of fused-ring (bicyclic) bond motifs is 3. The van der Waals surface area contributed by atoms with Crippen molar-refractivity contribution in [2.45, 2.75) is 6.54 Å². The molecular formula is C25H22N4O3. The van der Waals surface area contributed by atoms with Crippen LogP contribution in [0.5, 0.6) is 11.5 Å². The van der Waals surface area contributed by atoms with Crippen LogP contribution in [0.1, 0.15) is 5.56 Å². The van der Waals surface area contributed by atoms with Crippen molar-refractivity contribution >= 4 is 27.6 Å². The molecule has 160 valence electrons. The van der Waals surface area contributed by atoms with Gasteiger partial charge in [-0.2, -0.15) is 5.10 Å². The number of nitrogen functional groups attached to an aromatic ring is 1. The van der Waals surface area contributed by atoms with Crippen molar-refractivity contribution in [2.75, 3.05) is 20.0 Å². The maximum absolute atomic E-state index is 13.6. The monoisotopic (exact) mass is 426 g/mol. The van der Waals surface area contributed by atoms with Gasteiger partial charge in [-0.3, -0.25) is 4.79 Å². The van der Waals surface area contributed by atoms with Crippen LogP contribution < -0.4 is 20.8 Å². The molecule has 0 bridgehead atoms. The minimum atomic E-state index is -0.174. The molecule has 0 aliphatic carbocycles. The number of para-hydroxylation sites is 1. The second-order valence-corrected chi connectivity index (χ2v) is 7.48. The smallest absolute Gasteiger partial charge is 0.264 e. The van der Waals surface area contributed by atoms with Gasteiger partial charge in [0.05, 0.1) is 32.0 Å². The molecule has 32 heavy (non-hydrogen) atoms. The Kier molecular flexibility index (Phi) is 4.78. The van der Waals surface area contributed by atoms with Gasteiger partial charge >= 0.3 is 0 Å². The fourth-order valence-electron chi connectivity index (χ4n) is 3.97. The molecular weight excluding hydrogens is 404 g/mol. The van der Waals surface area contributed by atoms with E-state index in [1.807, 2.05) is 72.8 Å². The Morgan fingerprint density at radius 2 is 1.50 bits per heavy atom. The average molecular weight is 426 g/mol. The van der Waals surface area contributed by atoms with Gasteiger partial charge in [0.1, 0.15) is 28.2 Å². The highest BCUT2D eigenvalue weighted by atomic mass is 16.5. The first-order chi connectivity index (χ1) is 15.6. The Morgan fingerprint density at radius 1 is 0.875 bits per heavy atom. The summed E-state index contributed by atoms with van der Waals surface area (Å²) in [6.45, 7) is 0.409. The second-order valence-electron chi connectivity index (χ2n) is 7.48. The summed E-state index contributed by atoms with van der Waals surface area (Å²) < 4.78 is 13.8. The average Bonchev–Trinajstić information content (AvgIpc) is 3.19. The number of hydrogen-bond donors (Lipinski definition) is 1. The lowest BCUT2D eigenvalue weighted by molar-refractivity contribution is 0.414. The highest BCUT2D eigenvalue weighted by Crippen LogP contribution is 2.28. The van der Waals surface area contributed by atoms with Crippen molar-refractivity contribution in [3.63, 3.8) is 0 Å². The number of hydrogen-bond acceptors (Lipinski definition) is 5. The van der Waals surface area contributed by atoms with Gasteiger partial charge in [-0.05, 0) is 48.0 Å². The lowest BCUT2D eigenvalue weighted by Crippen LogP contribution is -2.22. The van der Waals surface area contributed by atoms with E-state index in [1.165, 1.54) is 0 Å². The minimum absolute atomic E-state index is 0.174. The largest absolute Gasteiger partial charge is 0.497 e. The summed E-state index contributed by atoms with van der Waals surface area (Å²) in [5, 5.41) is 6.00. The van der Waals surface area contributed by atoms with Crippen LogP contribution in [0.25, 0.3) is 27.5 Å². The van der Waals surface area contributed by atoms with Crippen LogP contribution in [0.4, 0.5) is 5.82 Å². The molecule has 2 N–H and O–H groups in total. The zero-order valence-electron chi connectivity index (χ0n) is 17.8. The van der Waals surface area contributed by atoms with Gasteiger partial charge in [0.25, 0.3) is 5.56 Å². The molecule has 0 unspecified atom stereocenters. The summed E-state index contributed by atoms with van der Waals surface area (Å²) >= 11 is 0. The fourth-order valence-corrected chi connectivity index (χ4v) is 3.97. The van der Waals surface area contributed by atoms with Crippen LogP contribution in [0.15, 0.2) is 77.6 Å². The molecule has 2 aromatic heterocycles. The number of benzene rings is 3. The number of rotatable bonds is 5. The third kappa shape index (κ3) is 3.15. The number of pyridine rings is 1. The molecule has 0 spiro atoms. The van der Waals surface area contributed by atoms with Gasteiger partial charge in [0.2, 0.25) is 0 Å². The Bertz CT molecular complexity index is 1480. The van der Waals surface area contributed by atoms with Crippen molar-refractivity contribution in [1.82, 2.24) is 14.3 Å². The molecule has 2 heterocycles. The number of methoxy groups -OCH3 is 2. The van der Waals surface area contributed by atoms with E-state index in [4.69, 9.17) is 20.3 Å². The number of anilines is 1. The predicted molar refractivity (Wildman–Crippen MR) is 126 cm³/mol. The first-order valence-electron chi connectivity index (χ1n) is 10.2. The van der Waals surface area contributed by atoms with Crippen LogP contribution in [0.3, 0.4) is 0 Å². The van der Waals surface area contributed by atoms with E-state index in [0.29, 0.717) is 23.3 Å². The molecule has 0 radical (unpaired) electrons. The van der Waals surface area contributed by atoms with Crippen molar-refractivity contribution in [3.8, 4) is 17.2 Å². The summed E-state index contributed by atoms with van der Waals surface area (Å²) in [6, 6.07) is 22.8. The van der Waals surface area contributed by atoms with E-state index in [1.54, 1.807) is 23.5 Å². The van der Waals surface area contributed by atoms with Gasteiger partial charge < -0.3 is 19.8 Å². The SMILES string of the molecule is COc1ccc(Cn2c(=O)c3c(N)n(-c4ccc(OC)cc4)nc3c3ccccc32)cc1. The molecule has 0 aliphatic heterocycles. The van der Waals surface area contributed by atoms with Gasteiger partial charge in [-0.25, -0.2) is 4.68 Å². The van der Waals surface area contributed by atoms with E-state index in [0.717, 1.165) is 33.7 Å². The van der Waals surface area contributed by atoms with Crippen LogP contribution in [0, 0.1) is 0 Å². The Balaban J connectivity index is 1.73. The molecule has 5 aromatic rings. The molecule has 0 aliphatic rings. The molecule has 0 amide bonds. The zero-order chi connectivity index (χ0) is 22.2. The van der Waals surface area contributed by atoms with E-state index in [9.17, 15) is 4.79 Å². The molecule has 0 saturated heterocycles. The van der Waals surface area contributed by atoms with Crippen molar-refractivity contribution in [3.05, 3.63) is 88.7 Å². The number of nitrogens with zero attached hydrogens (tertiary/aromatic N) is 3. The standard InChI is InChI=1S/C25H22N4O3/c1-31-18-11-7-16(8-12-18)15-28-21-6-4-3-5-20(21)23-22(25(28)30)24(26)29(27-23)17-9-13-19(32-2)14-10-17/h3-14H,15,26H2,1-2H3. The number of aromatic nitrogens is 3. The Labute approximate surface area is 184 Å². The summed E-state index contributed by atoms with van der Waals surface area (Å²) in [4.78, 5) is 13.6. The maximum atomic E-state index is 13.6.